The monoisotopic (exact) mass is 702 g/mol. The average Bonchev–Trinajstić information content (AvgIpc) is 3.65. The number of hydrogen-bond donors (Lipinski definition) is 6. The van der Waals surface area contributed by atoms with Crippen LogP contribution in [0.25, 0.3) is 28.1 Å². The Hall–Kier alpha value is -5.00. The normalized spacial score (nSPS) is 22.5. The minimum atomic E-state index is -0.534. The molecule has 0 saturated heterocycles. The predicted octanol–water partition coefficient (Wildman–Crippen LogP) is 5.99. The maximum Gasteiger partial charge on any atom is 0.161 e. The zero-order valence-corrected chi connectivity index (χ0v) is 28.9. The number of aliphatic hydroxyl groups excluding tert-OH is 2. The molecule has 4 aromatic carbocycles. The first kappa shape index (κ1) is 32.9. The fourth-order valence-electron chi connectivity index (χ4n) is 8.86. The second-order valence-corrected chi connectivity index (χ2v) is 14.2. The third-order valence-electron chi connectivity index (χ3n) is 11.2. The molecule has 0 amide bonds. The molecule has 268 valence electrons. The maximum atomic E-state index is 11.2. The number of aromatic hydroxyl groups is 2. The highest BCUT2D eigenvalue weighted by Crippen LogP contribution is 2.59. The smallest absolute Gasteiger partial charge is 0.161 e. The average molecular weight is 703 g/mol. The van der Waals surface area contributed by atoms with Crippen molar-refractivity contribution in [2.45, 2.75) is 55.8 Å². The van der Waals surface area contributed by atoms with Gasteiger partial charge in [-0.3, -0.25) is 5.32 Å². The summed E-state index contributed by atoms with van der Waals surface area (Å²) in [4.78, 5) is 3.31. The van der Waals surface area contributed by atoms with Crippen LogP contribution in [0.3, 0.4) is 0 Å². The number of allylic oxidation sites excluding steroid dienone is 1. The minimum absolute atomic E-state index is 0.0215. The van der Waals surface area contributed by atoms with E-state index in [2.05, 4.69) is 46.7 Å². The summed E-state index contributed by atoms with van der Waals surface area (Å²) in [7, 11) is 1.84. The van der Waals surface area contributed by atoms with Gasteiger partial charge >= 0.3 is 0 Å². The molecule has 52 heavy (non-hydrogen) atoms. The van der Waals surface area contributed by atoms with E-state index in [9.17, 15) is 20.4 Å². The van der Waals surface area contributed by atoms with Crippen molar-refractivity contribution >= 4 is 17.0 Å². The van der Waals surface area contributed by atoms with Crippen LogP contribution in [0, 0.1) is 0 Å². The third kappa shape index (κ3) is 5.32. The second-order valence-electron chi connectivity index (χ2n) is 14.2. The summed E-state index contributed by atoms with van der Waals surface area (Å²) in [6, 6.07) is 17.6. The summed E-state index contributed by atoms with van der Waals surface area (Å²) in [6.45, 7) is 0.0788. The van der Waals surface area contributed by atoms with Crippen molar-refractivity contribution in [3.05, 3.63) is 106 Å². The van der Waals surface area contributed by atoms with Crippen molar-refractivity contribution in [2.24, 2.45) is 0 Å². The van der Waals surface area contributed by atoms with Crippen molar-refractivity contribution in [3.63, 3.8) is 0 Å². The fourth-order valence-corrected chi connectivity index (χ4v) is 8.86. The molecule has 9 rings (SSSR count). The molecule has 0 spiro atoms. The predicted molar refractivity (Wildman–Crippen MR) is 196 cm³/mol. The number of benzene rings is 4. The Kier molecular flexibility index (Phi) is 8.35. The molecule has 2 aliphatic heterocycles. The van der Waals surface area contributed by atoms with E-state index in [-0.39, 0.29) is 61.1 Å². The van der Waals surface area contributed by atoms with Gasteiger partial charge in [0.15, 0.2) is 17.6 Å². The highest BCUT2D eigenvalue weighted by atomic mass is 16.6. The standard InChI is InChI=1S/C42H42N2O8/c1-43-21-50-37-19-32-31-18-30-26(22-2-9-33-23(16-22)12-13-44-33)6-7-27-34(47)11-8-28(38(27)30)39(31)42-29(5-4-25(20-46)51-42)41(32)52-40(37)24-3-10-35(48)36(17-24)49-15-14-45/h2-3,6-13,16-17,25-26,30,37,40,43-48H,4-5,14-15,18-21H2,1H3. The molecule has 5 aromatic rings. The van der Waals surface area contributed by atoms with Crippen LogP contribution in [0.5, 0.6) is 28.7 Å². The van der Waals surface area contributed by atoms with E-state index in [0.717, 1.165) is 66.9 Å². The van der Waals surface area contributed by atoms with Crippen LogP contribution in [0.4, 0.5) is 0 Å². The van der Waals surface area contributed by atoms with E-state index in [0.29, 0.717) is 32.4 Å². The number of H-pyrrole nitrogens is 1. The summed E-state index contributed by atoms with van der Waals surface area (Å²) >= 11 is 0. The lowest BCUT2D eigenvalue weighted by atomic mass is 9.65. The highest BCUT2D eigenvalue weighted by molar-refractivity contribution is 5.89. The SMILES string of the molecule is CNCOC1Cc2c3c(c4c(c2OC1c1ccc(O)c(OCCO)c1)CCC(CO)O4)-c1ccc(O)c2c1C(C3)C(c1ccc3[nH]ccc3c1)C=C2. The number of rotatable bonds is 9. The van der Waals surface area contributed by atoms with Crippen LogP contribution in [-0.2, 0) is 24.0 Å². The molecule has 0 bridgehead atoms. The summed E-state index contributed by atoms with van der Waals surface area (Å²) < 4.78 is 25.9. The topological polar surface area (TPSA) is 146 Å². The molecule has 0 saturated carbocycles. The van der Waals surface area contributed by atoms with Crippen molar-refractivity contribution in [1.82, 2.24) is 10.3 Å². The van der Waals surface area contributed by atoms with E-state index in [4.69, 9.17) is 18.9 Å². The molecule has 1 aromatic heterocycles. The van der Waals surface area contributed by atoms with Crippen LogP contribution in [0.15, 0.2) is 66.9 Å². The Bertz CT molecular complexity index is 2210. The highest BCUT2D eigenvalue weighted by Gasteiger charge is 2.44. The summed E-state index contributed by atoms with van der Waals surface area (Å²) in [6.07, 6.45) is 7.54. The van der Waals surface area contributed by atoms with Crippen LogP contribution < -0.4 is 19.5 Å². The Labute approximate surface area is 301 Å². The zero-order valence-electron chi connectivity index (χ0n) is 28.9. The van der Waals surface area contributed by atoms with Gasteiger partial charge < -0.3 is 44.4 Å². The van der Waals surface area contributed by atoms with Gasteiger partial charge in [0, 0.05) is 46.3 Å². The Morgan fingerprint density at radius 2 is 1.77 bits per heavy atom. The van der Waals surface area contributed by atoms with E-state index in [1.165, 1.54) is 5.56 Å². The van der Waals surface area contributed by atoms with Crippen molar-refractivity contribution in [1.29, 1.82) is 0 Å². The van der Waals surface area contributed by atoms with Crippen molar-refractivity contribution in [2.75, 3.05) is 33.6 Å². The van der Waals surface area contributed by atoms with Gasteiger partial charge in [0.05, 0.1) is 19.9 Å². The lowest BCUT2D eigenvalue weighted by Gasteiger charge is -2.43. The first-order valence-corrected chi connectivity index (χ1v) is 18.1. The molecule has 10 nitrogen and oxygen atoms in total. The number of nitrogens with one attached hydrogen (secondary N) is 2. The molecule has 10 heteroatoms. The zero-order chi connectivity index (χ0) is 35.5. The third-order valence-corrected chi connectivity index (χ3v) is 11.2. The van der Waals surface area contributed by atoms with Crippen LogP contribution in [-0.4, -0.2) is 71.2 Å². The van der Waals surface area contributed by atoms with Crippen molar-refractivity contribution < 1.29 is 39.4 Å². The first-order chi connectivity index (χ1) is 25.5. The number of aromatic amines is 1. The number of ether oxygens (including phenoxy) is 4. The number of fused-ring (bicyclic) bond motifs is 8. The van der Waals surface area contributed by atoms with Gasteiger partial charge in [0.1, 0.15) is 36.1 Å². The summed E-state index contributed by atoms with van der Waals surface area (Å²) in [5.41, 5.74) is 10.3. The van der Waals surface area contributed by atoms with E-state index in [1.54, 1.807) is 18.2 Å². The Morgan fingerprint density at radius 3 is 2.62 bits per heavy atom. The molecular weight excluding hydrogens is 660 g/mol. The second kappa shape index (κ2) is 13.2. The molecule has 4 aliphatic rings. The fraction of sp³-hybridized carbons (Fsp3) is 0.333. The van der Waals surface area contributed by atoms with Gasteiger partial charge in [-0.15, -0.1) is 0 Å². The van der Waals surface area contributed by atoms with Gasteiger partial charge in [-0.25, -0.2) is 0 Å². The molecule has 2 aliphatic carbocycles. The number of aromatic nitrogens is 1. The van der Waals surface area contributed by atoms with E-state index >= 15 is 0 Å². The van der Waals surface area contributed by atoms with Crippen LogP contribution >= 0.6 is 0 Å². The molecule has 5 unspecified atom stereocenters. The molecule has 3 heterocycles. The number of phenolic OH excluding ortho intramolecular Hbond substituents is 2. The quantitative estimate of drug-likeness (QED) is 0.102. The van der Waals surface area contributed by atoms with Gasteiger partial charge in [-0.05, 0) is 102 Å². The maximum absolute atomic E-state index is 11.2. The minimum Gasteiger partial charge on any atom is -0.507 e. The van der Waals surface area contributed by atoms with Crippen LogP contribution in [0.1, 0.15) is 63.3 Å². The lowest BCUT2D eigenvalue weighted by molar-refractivity contribution is -0.0436. The summed E-state index contributed by atoms with van der Waals surface area (Å²) in [5, 5.41) is 45.7. The molecular formula is C42H42N2O8. The van der Waals surface area contributed by atoms with Gasteiger partial charge in [-0.2, -0.15) is 0 Å². The lowest BCUT2D eigenvalue weighted by Crippen LogP contribution is -2.37. The number of aliphatic hydroxyl groups is 2. The Balaban J connectivity index is 1.22. The molecule has 5 atom stereocenters. The van der Waals surface area contributed by atoms with E-state index < -0.39 is 6.10 Å². The molecule has 0 fully saturated rings. The van der Waals surface area contributed by atoms with Gasteiger partial charge in [-0.1, -0.05) is 30.4 Å². The molecule has 6 N–H and O–H groups in total. The first-order valence-electron chi connectivity index (χ1n) is 18.1. The molecule has 0 radical (unpaired) electrons. The summed E-state index contributed by atoms with van der Waals surface area (Å²) in [5.74, 6) is 2.10. The van der Waals surface area contributed by atoms with Crippen LogP contribution in [0.2, 0.25) is 0 Å². The van der Waals surface area contributed by atoms with Crippen molar-refractivity contribution in [3.8, 4) is 39.9 Å². The number of phenols is 2. The van der Waals surface area contributed by atoms with Gasteiger partial charge in [0.2, 0.25) is 0 Å². The number of hydrogen-bond acceptors (Lipinski definition) is 9. The largest absolute Gasteiger partial charge is 0.507 e. The van der Waals surface area contributed by atoms with Gasteiger partial charge in [0.25, 0.3) is 0 Å². The Morgan fingerprint density at radius 1 is 0.904 bits per heavy atom. The van der Waals surface area contributed by atoms with E-state index in [1.807, 2.05) is 25.4 Å².